The van der Waals surface area contributed by atoms with Crippen molar-refractivity contribution in [3.05, 3.63) is 46.6 Å². The number of aromatic nitrogens is 7. The fraction of sp³-hybridized carbons (Fsp3) is 0.143. The number of carbonyl (C=O) groups excluding carboxylic acids is 1. The molecule has 0 aromatic carbocycles. The minimum atomic E-state index is -4.71. The molecule has 9 nitrogen and oxygen atoms in total. The standard InChI is InChI=1S/C14H9ClF3N7O2/c1-27-12(26)10-7-8(21-25(10)11-9(15)3-2-5-19-11)4-6-24-22-13(20-23-24)14(16,17)18/h2-7H,1H3/b6-4+. The molecule has 0 spiro atoms. The molecular weight excluding hydrogens is 391 g/mol. The molecule has 3 aromatic heterocycles. The molecule has 3 heterocycles. The van der Waals surface area contributed by atoms with Crippen LogP contribution in [0.1, 0.15) is 22.0 Å². The number of alkyl halides is 3. The highest BCUT2D eigenvalue weighted by Gasteiger charge is 2.36. The van der Waals surface area contributed by atoms with Gasteiger partial charge in [0.15, 0.2) is 11.5 Å². The van der Waals surface area contributed by atoms with Crippen LogP contribution in [-0.4, -0.2) is 48.1 Å². The molecular formula is C14H9ClF3N7O2. The van der Waals surface area contributed by atoms with Crippen LogP contribution >= 0.6 is 11.6 Å². The Morgan fingerprint density at radius 1 is 1.33 bits per heavy atom. The van der Waals surface area contributed by atoms with Crippen LogP contribution in [0, 0.1) is 0 Å². The van der Waals surface area contributed by atoms with E-state index in [9.17, 15) is 18.0 Å². The Morgan fingerprint density at radius 2 is 2.11 bits per heavy atom. The van der Waals surface area contributed by atoms with E-state index in [0.29, 0.717) is 4.80 Å². The van der Waals surface area contributed by atoms with Crippen LogP contribution in [0.5, 0.6) is 0 Å². The lowest BCUT2D eigenvalue weighted by Gasteiger charge is -2.05. The topological polar surface area (TPSA) is 101 Å². The average molecular weight is 400 g/mol. The van der Waals surface area contributed by atoms with Gasteiger partial charge in [-0.15, -0.1) is 15.0 Å². The van der Waals surface area contributed by atoms with Gasteiger partial charge in [-0.1, -0.05) is 11.6 Å². The molecule has 0 fully saturated rings. The van der Waals surface area contributed by atoms with Crippen LogP contribution in [0.3, 0.4) is 0 Å². The Kier molecular flexibility index (Phi) is 4.90. The highest BCUT2D eigenvalue weighted by Crippen LogP contribution is 2.25. The van der Waals surface area contributed by atoms with Gasteiger partial charge < -0.3 is 4.74 Å². The van der Waals surface area contributed by atoms with Crippen molar-refractivity contribution in [1.29, 1.82) is 0 Å². The summed E-state index contributed by atoms with van der Waals surface area (Å²) in [5, 5.41) is 13.7. The van der Waals surface area contributed by atoms with Crippen LogP contribution < -0.4 is 0 Å². The molecule has 0 saturated carbocycles. The second-order valence-electron chi connectivity index (χ2n) is 4.91. The second-order valence-corrected chi connectivity index (χ2v) is 5.32. The summed E-state index contributed by atoms with van der Waals surface area (Å²) in [5.41, 5.74) is 0.211. The van der Waals surface area contributed by atoms with Gasteiger partial charge in [0.05, 0.1) is 24.0 Å². The van der Waals surface area contributed by atoms with Crippen molar-refractivity contribution in [3.63, 3.8) is 0 Å². The summed E-state index contributed by atoms with van der Waals surface area (Å²) >= 11 is 6.07. The maximum Gasteiger partial charge on any atom is 0.455 e. The van der Waals surface area contributed by atoms with Crippen molar-refractivity contribution in [2.24, 2.45) is 0 Å². The summed E-state index contributed by atoms with van der Waals surface area (Å²) in [6.45, 7) is 0. The molecule has 0 atom stereocenters. The third-order valence-electron chi connectivity index (χ3n) is 3.12. The van der Waals surface area contributed by atoms with Crippen LogP contribution in [0.4, 0.5) is 13.2 Å². The van der Waals surface area contributed by atoms with E-state index in [2.05, 4.69) is 25.5 Å². The highest BCUT2D eigenvalue weighted by atomic mass is 35.5. The molecule has 27 heavy (non-hydrogen) atoms. The number of halogens is 4. The number of ether oxygens (including phenoxy) is 1. The van der Waals surface area contributed by atoms with Crippen molar-refractivity contribution in [2.75, 3.05) is 7.11 Å². The first-order valence-electron chi connectivity index (χ1n) is 7.14. The van der Waals surface area contributed by atoms with Crippen LogP contribution in [-0.2, 0) is 10.9 Å². The van der Waals surface area contributed by atoms with Gasteiger partial charge in [0.25, 0.3) is 5.82 Å². The van der Waals surface area contributed by atoms with Crippen molar-refractivity contribution in [2.45, 2.75) is 6.18 Å². The number of methoxy groups -OCH3 is 1. The van der Waals surface area contributed by atoms with Gasteiger partial charge in [-0.25, -0.2) is 14.5 Å². The lowest BCUT2D eigenvalue weighted by Crippen LogP contribution is -2.11. The van der Waals surface area contributed by atoms with Crippen molar-refractivity contribution in [1.82, 2.24) is 35.0 Å². The number of nitrogens with zero attached hydrogens (tertiary/aromatic N) is 7. The van der Waals surface area contributed by atoms with Crippen LogP contribution in [0.2, 0.25) is 5.02 Å². The SMILES string of the molecule is COC(=O)c1cc(/C=C/n2nnc(C(F)(F)F)n2)nn1-c1ncccc1Cl. The highest BCUT2D eigenvalue weighted by molar-refractivity contribution is 6.32. The fourth-order valence-electron chi connectivity index (χ4n) is 1.97. The number of pyridine rings is 1. The van der Waals surface area contributed by atoms with E-state index in [0.717, 1.165) is 10.9 Å². The normalized spacial score (nSPS) is 11.9. The zero-order chi connectivity index (χ0) is 19.6. The zero-order valence-electron chi connectivity index (χ0n) is 13.4. The molecule has 0 radical (unpaired) electrons. The Labute approximate surface area is 154 Å². The Bertz CT molecular complexity index is 1010. The van der Waals surface area contributed by atoms with Crippen molar-refractivity contribution < 1.29 is 22.7 Å². The van der Waals surface area contributed by atoms with Gasteiger partial charge in [-0.05, 0) is 29.5 Å². The lowest BCUT2D eigenvalue weighted by atomic mass is 10.3. The minimum Gasteiger partial charge on any atom is -0.464 e. The molecule has 140 valence electrons. The predicted molar refractivity (Wildman–Crippen MR) is 85.8 cm³/mol. The molecule has 0 aliphatic carbocycles. The molecule has 0 amide bonds. The summed E-state index contributed by atoms with van der Waals surface area (Å²) in [5.74, 6) is -1.91. The molecule has 0 unspecified atom stereocenters. The summed E-state index contributed by atoms with van der Waals surface area (Å²) in [6, 6.07) is 4.50. The number of rotatable bonds is 4. The molecule has 0 N–H and O–H groups in total. The number of hydrogen-bond donors (Lipinski definition) is 0. The maximum absolute atomic E-state index is 12.5. The number of hydrogen-bond acceptors (Lipinski definition) is 7. The minimum absolute atomic E-state index is 0.0141. The fourth-order valence-corrected chi connectivity index (χ4v) is 2.17. The Balaban J connectivity index is 1.96. The van der Waals surface area contributed by atoms with Gasteiger partial charge in [-0.2, -0.15) is 18.3 Å². The maximum atomic E-state index is 12.5. The monoisotopic (exact) mass is 399 g/mol. The molecule has 0 saturated heterocycles. The van der Waals surface area contributed by atoms with Crippen molar-refractivity contribution >= 4 is 29.8 Å². The molecule has 0 aliphatic rings. The molecule has 0 aliphatic heterocycles. The van der Waals surface area contributed by atoms with Gasteiger partial charge in [0.1, 0.15) is 0 Å². The summed E-state index contributed by atoms with van der Waals surface area (Å²) in [7, 11) is 1.19. The third kappa shape index (κ3) is 3.95. The summed E-state index contributed by atoms with van der Waals surface area (Å²) in [4.78, 5) is 16.7. The van der Waals surface area contributed by atoms with E-state index in [1.54, 1.807) is 12.1 Å². The van der Waals surface area contributed by atoms with Gasteiger partial charge >= 0.3 is 12.1 Å². The van der Waals surface area contributed by atoms with E-state index < -0.39 is 18.0 Å². The molecule has 3 aromatic rings. The van der Waals surface area contributed by atoms with Crippen LogP contribution in [0.15, 0.2) is 24.4 Å². The Morgan fingerprint density at radius 3 is 2.74 bits per heavy atom. The number of esters is 1. The first-order valence-corrected chi connectivity index (χ1v) is 7.51. The Hall–Kier alpha value is -3.28. The van der Waals surface area contributed by atoms with Crippen molar-refractivity contribution in [3.8, 4) is 5.82 Å². The van der Waals surface area contributed by atoms with E-state index in [-0.39, 0.29) is 22.2 Å². The second kappa shape index (κ2) is 7.15. The molecule has 13 heteroatoms. The summed E-state index contributed by atoms with van der Waals surface area (Å²) < 4.78 is 43.3. The van der Waals surface area contributed by atoms with Gasteiger partial charge in [0, 0.05) is 6.20 Å². The summed E-state index contributed by atoms with van der Waals surface area (Å²) in [6.07, 6.45) is -0.878. The van der Waals surface area contributed by atoms with E-state index in [4.69, 9.17) is 16.3 Å². The number of carbonyl (C=O) groups is 1. The molecule has 3 rings (SSSR count). The van der Waals surface area contributed by atoms with E-state index >= 15 is 0 Å². The van der Waals surface area contributed by atoms with Gasteiger partial charge in [0.2, 0.25) is 0 Å². The van der Waals surface area contributed by atoms with E-state index in [1.165, 1.54) is 25.4 Å². The largest absolute Gasteiger partial charge is 0.464 e. The smallest absolute Gasteiger partial charge is 0.455 e. The average Bonchev–Trinajstić information content (AvgIpc) is 3.26. The predicted octanol–water partition coefficient (Wildman–Crippen LogP) is 2.34. The van der Waals surface area contributed by atoms with E-state index in [1.807, 2.05) is 0 Å². The first kappa shape index (κ1) is 18.5. The number of tetrazole rings is 1. The lowest BCUT2D eigenvalue weighted by molar-refractivity contribution is -0.145. The quantitative estimate of drug-likeness (QED) is 0.620. The third-order valence-corrected chi connectivity index (χ3v) is 3.42. The van der Waals surface area contributed by atoms with Crippen LogP contribution in [0.25, 0.3) is 18.1 Å². The zero-order valence-corrected chi connectivity index (χ0v) is 14.2. The molecule has 0 bridgehead atoms. The van der Waals surface area contributed by atoms with Gasteiger partial charge in [-0.3, -0.25) is 0 Å². The first-order chi connectivity index (χ1) is 12.8.